The van der Waals surface area contributed by atoms with Crippen molar-refractivity contribution in [1.82, 2.24) is 0 Å². The van der Waals surface area contributed by atoms with Crippen molar-refractivity contribution in [3.63, 3.8) is 0 Å². The topological polar surface area (TPSA) is 3.24 Å². The molecule has 0 N–H and O–H groups in total. The van der Waals surface area contributed by atoms with Crippen LogP contribution in [0.3, 0.4) is 0 Å². The van der Waals surface area contributed by atoms with E-state index in [9.17, 15) is 0 Å². The molecule has 0 fully saturated rings. The molecule has 0 amide bonds. The van der Waals surface area contributed by atoms with Crippen LogP contribution in [0.5, 0.6) is 0 Å². The molecule has 286 valence electrons. The van der Waals surface area contributed by atoms with Crippen LogP contribution in [-0.2, 0) is 10.8 Å². The number of rotatable bonds is 3. The normalized spacial score (nSPS) is 16.5. The van der Waals surface area contributed by atoms with Crippen molar-refractivity contribution in [1.29, 1.82) is 0 Å². The highest BCUT2D eigenvalue weighted by atomic mass is 32.2. The summed E-state index contributed by atoms with van der Waals surface area (Å²) < 4.78 is 0. The molecule has 0 bridgehead atoms. The minimum absolute atomic E-state index is 0.154. The Labute approximate surface area is 361 Å². The SMILES string of the molecule is CC1(C)c2cc(N(c3ccc4c(c3)C(C)(C)c3ccc5c(c3-4)Sc3ccccc3[Si]5(C)C)c3cccc4ccccc34)ccc2-c2c1ccc1c2Sc2ccccc2S1. The van der Waals surface area contributed by atoms with E-state index in [4.69, 9.17) is 0 Å². The van der Waals surface area contributed by atoms with Crippen molar-refractivity contribution in [2.75, 3.05) is 4.90 Å². The molecule has 0 saturated heterocycles. The smallest absolute Gasteiger partial charge is 0.115 e. The maximum atomic E-state index is 2.54. The molecule has 2 aliphatic heterocycles. The molecule has 1 nitrogen and oxygen atoms in total. The predicted molar refractivity (Wildman–Crippen MR) is 256 cm³/mol. The summed E-state index contributed by atoms with van der Waals surface area (Å²) in [6.07, 6.45) is 0. The Morgan fingerprint density at radius 3 is 1.71 bits per heavy atom. The molecule has 0 atom stereocenters. The summed E-state index contributed by atoms with van der Waals surface area (Å²) in [4.78, 5) is 10.9. The predicted octanol–water partition coefficient (Wildman–Crippen LogP) is 14.8. The van der Waals surface area contributed by atoms with Crippen molar-refractivity contribution < 1.29 is 0 Å². The summed E-state index contributed by atoms with van der Waals surface area (Å²) in [5.74, 6) is 0. The van der Waals surface area contributed by atoms with Gasteiger partial charge in [0.05, 0.1) is 5.69 Å². The molecule has 12 rings (SSSR count). The van der Waals surface area contributed by atoms with Gasteiger partial charge in [-0.15, -0.1) is 0 Å². The molecule has 0 saturated carbocycles. The van der Waals surface area contributed by atoms with Gasteiger partial charge in [0, 0.05) is 62.5 Å². The first-order valence-electron chi connectivity index (χ1n) is 20.7. The van der Waals surface area contributed by atoms with Crippen LogP contribution in [-0.4, -0.2) is 8.07 Å². The van der Waals surface area contributed by atoms with E-state index >= 15 is 0 Å². The first-order chi connectivity index (χ1) is 28.5. The van der Waals surface area contributed by atoms with Crippen molar-refractivity contribution in [2.24, 2.45) is 0 Å². The number of anilines is 3. The molecule has 4 aliphatic rings. The zero-order valence-electron chi connectivity index (χ0n) is 34.1. The van der Waals surface area contributed by atoms with E-state index in [1.54, 1.807) is 10.4 Å². The lowest BCUT2D eigenvalue weighted by atomic mass is 9.82. The Morgan fingerprint density at radius 1 is 0.441 bits per heavy atom. The highest BCUT2D eigenvalue weighted by Crippen LogP contribution is 2.60. The maximum absolute atomic E-state index is 2.54. The monoisotopic (exact) mass is 829 g/mol. The lowest BCUT2D eigenvalue weighted by Gasteiger charge is -2.34. The molecule has 8 aromatic rings. The Morgan fingerprint density at radius 2 is 1.00 bits per heavy atom. The minimum Gasteiger partial charge on any atom is -0.310 e. The first kappa shape index (κ1) is 36.0. The number of fused-ring (bicyclic) bond motifs is 13. The van der Waals surface area contributed by atoms with Crippen LogP contribution >= 0.6 is 35.3 Å². The number of nitrogens with zero attached hydrogens (tertiary/aromatic N) is 1. The van der Waals surface area contributed by atoms with Gasteiger partial charge in [0.2, 0.25) is 0 Å². The summed E-state index contributed by atoms with van der Waals surface area (Å²) in [6.45, 7) is 14.8. The summed E-state index contributed by atoms with van der Waals surface area (Å²) >= 11 is 5.84. The Bertz CT molecular complexity index is 3130. The number of hydrogen-bond donors (Lipinski definition) is 0. The highest BCUT2D eigenvalue weighted by molar-refractivity contribution is 8.05. The van der Waals surface area contributed by atoms with Crippen LogP contribution in [0, 0.1) is 0 Å². The average molecular weight is 830 g/mol. The van der Waals surface area contributed by atoms with E-state index in [-0.39, 0.29) is 10.8 Å². The van der Waals surface area contributed by atoms with Crippen LogP contribution in [0.25, 0.3) is 33.0 Å². The fourth-order valence-electron chi connectivity index (χ4n) is 10.6. The summed E-state index contributed by atoms with van der Waals surface area (Å²) in [7, 11) is -1.88. The second-order valence-electron chi connectivity index (χ2n) is 18.1. The van der Waals surface area contributed by atoms with E-state index in [1.807, 2.05) is 35.3 Å². The molecule has 0 spiro atoms. The van der Waals surface area contributed by atoms with Gasteiger partial charge < -0.3 is 4.90 Å². The Kier molecular flexibility index (Phi) is 7.66. The summed E-state index contributed by atoms with van der Waals surface area (Å²) in [6, 6.07) is 58.0. The number of benzene rings is 8. The van der Waals surface area contributed by atoms with Crippen molar-refractivity contribution >= 4 is 81.6 Å². The summed E-state index contributed by atoms with van der Waals surface area (Å²) in [5.41, 5.74) is 14.5. The van der Waals surface area contributed by atoms with E-state index in [2.05, 4.69) is 197 Å². The summed E-state index contributed by atoms with van der Waals surface area (Å²) in [5, 5.41) is 5.61. The van der Waals surface area contributed by atoms with E-state index < -0.39 is 8.07 Å². The Hall–Kier alpha value is -4.91. The molecule has 59 heavy (non-hydrogen) atoms. The van der Waals surface area contributed by atoms with Crippen LogP contribution in [0.4, 0.5) is 17.1 Å². The van der Waals surface area contributed by atoms with Gasteiger partial charge in [-0.2, -0.15) is 0 Å². The third kappa shape index (κ3) is 5.02. The molecular formula is C54H43NS3Si. The zero-order chi connectivity index (χ0) is 40.0. The van der Waals surface area contributed by atoms with Crippen LogP contribution in [0.2, 0.25) is 13.1 Å². The van der Waals surface area contributed by atoms with Crippen molar-refractivity contribution in [3.8, 4) is 22.3 Å². The second-order valence-corrected chi connectivity index (χ2v) is 25.6. The van der Waals surface area contributed by atoms with Gasteiger partial charge in [-0.3, -0.25) is 0 Å². The third-order valence-electron chi connectivity index (χ3n) is 13.8. The number of hydrogen-bond acceptors (Lipinski definition) is 4. The maximum Gasteiger partial charge on any atom is 0.115 e. The molecular weight excluding hydrogens is 787 g/mol. The molecule has 0 radical (unpaired) electrons. The molecule has 2 heterocycles. The quantitative estimate of drug-likeness (QED) is 0.163. The molecule has 2 aliphatic carbocycles. The van der Waals surface area contributed by atoms with Crippen molar-refractivity contribution in [2.45, 2.75) is 81.0 Å². The lowest BCUT2D eigenvalue weighted by molar-refractivity contribution is 0.658. The van der Waals surface area contributed by atoms with Gasteiger partial charge >= 0.3 is 0 Å². The van der Waals surface area contributed by atoms with Gasteiger partial charge in [-0.1, -0.05) is 173 Å². The Balaban J connectivity index is 1.04. The fourth-order valence-corrected chi connectivity index (χ4v) is 18.6. The van der Waals surface area contributed by atoms with Gasteiger partial charge in [-0.25, -0.2) is 0 Å². The zero-order valence-corrected chi connectivity index (χ0v) is 37.6. The van der Waals surface area contributed by atoms with Gasteiger partial charge in [-0.05, 0) is 109 Å². The van der Waals surface area contributed by atoms with Gasteiger partial charge in [0.1, 0.15) is 8.07 Å². The van der Waals surface area contributed by atoms with Crippen LogP contribution in [0.1, 0.15) is 49.9 Å². The fraction of sp³-hybridized carbons (Fsp3) is 0.148. The molecule has 0 aromatic heterocycles. The standard InChI is InChI=1S/C54H43NS3Si/c1-53(2)38-26-28-46-51(57-44-19-10-9-18-43(44)56-46)49(38)36-24-22-33(30-40(36)53)55(42-17-13-15-32-14-7-8-16-35(32)42)34-23-25-37-41(31-34)54(3,4)39-27-29-48-52(50(37)39)58-45-20-11-12-21-47(45)59(48,5)6/h7-31H,1-6H3. The van der Waals surface area contributed by atoms with E-state index in [0.29, 0.717) is 0 Å². The van der Waals surface area contributed by atoms with Crippen LogP contribution < -0.4 is 15.3 Å². The molecule has 8 aromatic carbocycles. The molecule has 5 heteroatoms. The molecule has 0 unspecified atom stereocenters. The van der Waals surface area contributed by atoms with Gasteiger partial charge in [0.25, 0.3) is 0 Å². The third-order valence-corrected chi connectivity index (χ3v) is 21.5. The van der Waals surface area contributed by atoms with Crippen molar-refractivity contribution in [3.05, 3.63) is 174 Å². The van der Waals surface area contributed by atoms with E-state index in [1.165, 1.54) is 102 Å². The van der Waals surface area contributed by atoms with E-state index in [0.717, 1.165) is 0 Å². The van der Waals surface area contributed by atoms with Crippen LogP contribution in [0.15, 0.2) is 181 Å². The lowest BCUT2D eigenvalue weighted by Crippen LogP contribution is -2.56. The van der Waals surface area contributed by atoms with Gasteiger partial charge in [0.15, 0.2) is 0 Å². The first-order valence-corrected chi connectivity index (χ1v) is 26.1. The highest BCUT2D eigenvalue weighted by Gasteiger charge is 2.44. The second kappa shape index (κ2) is 12.6. The largest absolute Gasteiger partial charge is 0.310 e. The minimum atomic E-state index is -1.88. The average Bonchev–Trinajstić information content (AvgIpc) is 3.62.